The summed E-state index contributed by atoms with van der Waals surface area (Å²) in [6.45, 7) is 7.30. The molecule has 0 radical (unpaired) electrons. The first-order valence-corrected chi connectivity index (χ1v) is 8.63. The molecule has 1 rings (SSSR count). The number of likely N-dealkylation sites (tertiary alicyclic amines) is 1. The summed E-state index contributed by atoms with van der Waals surface area (Å²) >= 11 is 0. The third kappa shape index (κ3) is 5.84. The lowest BCUT2D eigenvalue weighted by molar-refractivity contribution is 0.163. The molecule has 0 amide bonds. The van der Waals surface area contributed by atoms with Gasteiger partial charge in [0.1, 0.15) is 9.84 Å². The molecule has 17 heavy (non-hydrogen) atoms. The van der Waals surface area contributed by atoms with E-state index in [1.54, 1.807) is 0 Å². The lowest BCUT2D eigenvalue weighted by Crippen LogP contribution is -2.47. The van der Waals surface area contributed by atoms with Gasteiger partial charge in [-0.25, -0.2) is 8.42 Å². The Bertz CT molecular complexity index is 308. The van der Waals surface area contributed by atoms with Crippen LogP contribution in [-0.4, -0.2) is 57.0 Å². The number of nitrogens with one attached hydrogen (secondary N) is 1. The van der Waals surface area contributed by atoms with Gasteiger partial charge in [-0.1, -0.05) is 6.92 Å². The number of nitrogens with zero attached hydrogens (tertiary/aromatic N) is 1. The summed E-state index contributed by atoms with van der Waals surface area (Å²) in [6, 6.07) is 0.772. The lowest BCUT2D eigenvalue weighted by Gasteiger charge is -2.36. The van der Waals surface area contributed by atoms with E-state index in [4.69, 9.17) is 0 Å². The summed E-state index contributed by atoms with van der Waals surface area (Å²) in [5.41, 5.74) is 0. The van der Waals surface area contributed by atoms with Crippen molar-refractivity contribution >= 4 is 9.84 Å². The molecule has 1 heterocycles. The summed E-state index contributed by atoms with van der Waals surface area (Å²) in [6.07, 6.45) is 4.76. The molecule has 1 N–H and O–H groups in total. The molecule has 1 aliphatic heterocycles. The highest BCUT2D eigenvalue weighted by Crippen LogP contribution is 2.14. The monoisotopic (exact) mass is 262 g/mol. The molecule has 0 spiro atoms. The second-order valence-corrected chi connectivity index (χ2v) is 7.39. The van der Waals surface area contributed by atoms with Crippen LogP contribution in [-0.2, 0) is 9.84 Å². The Labute approximate surface area is 106 Å². The maximum Gasteiger partial charge on any atom is 0.148 e. The third-order valence-electron chi connectivity index (χ3n) is 3.38. The second kappa shape index (κ2) is 6.71. The molecular weight excluding hydrogens is 236 g/mol. The number of hydrogen-bond donors (Lipinski definition) is 1. The highest BCUT2D eigenvalue weighted by molar-refractivity contribution is 7.90. The molecule has 1 fully saturated rings. The van der Waals surface area contributed by atoms with Crippen molar-refractivity contribution in [3.05, 3.63) is 0 Å². The molecule has 1 saturated heterocycles. The second-order valence-electron chi connectivity index (χ2n) is 5.21. The molecule has 0 aromatic heterocycles. The van der Waals surface area contributed by atoms with E-state index in [1.165, 1.54) is 12.7 Å². The van der Waals surface area contributed by atoms with Gasteiger partial charge in [0.25, 0.3) is 0 Å². The normalized spacial score (nSPS) is 21.6. The minimum Gasteiger partial charge on any atom is -0.314 e. The first-order valence-electron chi connectivity index (χ1n) is 6.57. The van der Waals surface area contributed by atoms with Gasteiger partial charge in [-0.15, -0.1) is 0 Å². The van der Waals surface area contributed by atoms with Crippen LogP contribution in [0.2, 0.25) is 0 Å². The standard InChI is InChI=1S/C12H26N2O2S/c1-4-7-13-12-5-8-14(9-6-12)11(2)10-17(3,15)16/h11-13H,4-10H2,1-3H3. The summed E-state index contributed by atoms with van der Waals surface area (Å²) in [5, 5.41) is 3.53. The van der Waals surface area contributed by atoms with Crippen LogP contribution in [0.5, 0.6) is 0 Å². The van der Waals surface area contributed by atoms with Gasteiger partial charge in [0.05, 0.1) is 5.75 Å². The Balaban J connectivity index is 2.31. The molecule has 0 aromatic rings. The molecule has 5 heteroatoms. The quantitative estimate of drug-likeness (QED) is 0.772. The van der Waals surface area contributed by atoms with Crippen molar-refractivity contribution in [2.45, 2.75) is 45.2 Å². The molecule has 4 nitrogen and oxygen atoms in total. The average Bonchev–Trinajstić information content (AvgIpc) is 2.24. The van der Waals surface area contributed by atoms with Crippen molar-refractivity contribution in [1.82, 2.24) is 10.2 Å². The maximum absolute atomic E-state index is 11.3. The van der Waals surface area contributed by atoms with Crippen LogP contribution in [0.3, 0.4) is 0 Å². The van der Waals surface area contributed by atoms with Gasteiger partial charge in [-0.2, -0.15) is 0 Å². The first kappa shape index (κ1) is 14.9. The van der Waals surface area contributed by atoms with Gasteiger partial charge in [0.2, 0.25) is 0 Å². The minimum absolute atomic E-state index is 0.150. The number of hydrogen-bond acceptors (Lipinski definition) is 4. The lowest BCUT2D eigenvalue weighted by atomic mass is 10.0. The Morgan fingerprint density at radius 3 is 2.41 bits per heavy atom. The summed E-state index contributed by atoms with van der Waals surface area (Å²) in [5.74, 6) is 0.278. The van der Waals surface area contributed by atoms with Crippen molar-refractivity contribution in [3.63, 3.8) is 0 Å². The maximum atomic E-state index is 11.3. The highest BCUT2D eigenvalue weighted by atomic mass is 32.2. The zero-order valence-electron chi connectivity index (χ0n) is 11.3. The number of piperidine rings is 1. The van der Waals surface area contributed by atoms with Crippen molar-refractivity contribution in [2.75, 3.05) is 31.6 Å². The molecule has 1 atom stereocenters. The molecular formula is C12H26N2O2S. The Morgan fingerprint density at radius 2 is 1.94 bits per heavy atom. The molecule has 0 aliphatic carbocycles. The zero-order chi connectivity index (χ0) is 12.9. The van der Waals surface area contributed by atoms with Gasteiger partial charge in [-0.3, -0.25) is 4.90 Å². The topological polar surface area (TPSA) is 49.4 Å². The largest absolute Gasteiger partial charge is 0.314 e. The van der Waals surface area contributed by atoms with Crippen LogP contribution in [0.15, 0.2) is 0 Å². The molecule has 1 aliphatic rings. The van der Waals surface area contributed by atoms with E-state index in [0.717, 1.165) is 32.5 Å². The zero-order valence-corrected chi connectivity index (χ0v) is 12.1. The minimum atomic E-state index is -2.86. The smallest absolute Gasteiger partial charge is 0.148 e. The van der Waals surface area contributed by atoms with Gasteiger partial charge in [-0.05, 0) is 45.8 Å². The number of sulfone groups is 1. The van der Waals surface area contributed by atoms with Crippen LogP contribution in [0, 0.1) is 0 Å². The molecule has 102 valence electrons. The summed E-state index contributed by atoms with van der Waals surface area (Å²) in [7, 11) is -2.86. The Hall–Kier alpha value is -0.130. The third-order valence-corrected chi connectivity index (χ3v) is 4.47. The van der Waals surface area contributed by atoms with Crippen LogP contribution in [0.1, 0.15) is 33.1 Å². The van der Waals surface area contributed by atoms with E-state index >= 15 is 0 Å². The van der Waals surface area contributed by atoms with E-state index < -0.39 is 9.84 Å². The van der Waals surface area contributed by atoms with Crippen molar-refractivity contribution in [1.29, 1.82) is 0 Å². The van der Waals surface area contributed by atoms with Gasteiger partial charge < -0.3 is 5.32 Å². The van der Waals surface area contributed by atoms with Crippen LogP contribution < -0.4 is 5.32 Å². The first-order chi connectivity index (χ1) is 7.92. The Kier molecular flexibility index (Phi) is 5.89. The fraction of sp³-hybridized carbons (Fsp3) is 1.00. The fourth-order valence-electron chi connectivity index (χ4n) is 2.44. The van der Waals surface area contributed by atoms with Gasteiger partial charge in [0.15, 0.2) is 0 Å². The van der Waals surface area contributed by atoms with Crippen LogP contribution in [0.4, 0.5) is 0 Å². The van der Waals surface area contributed by atoms with Crippen LogP contribution in [0.25, 0.3) is 0 Å². The van der Waals surface area contributed by atoms with E-state index in [2.05, 4.69) is 17.1 Å². The van der Waals surface area contributed by atoms with E-state index in [-0.39, 0.29) is 11.8 Å². The van der Waals surface area contributed by atoms with Crippen molar-refractivity contribution in [3.8, 4) is 0 Å². The predicted octanol–water partition coefficient (Wildman–Crippen LogP) is 0.884. The highest BCUT2D eigenvalue weighted by Gasteiger charge is 2.24. The molecule has 1 unspecified atom stereocenters. The summed E-state index contributed by atoms with van der Waals surface area (Å²) < 4.78 is 22.5. The van der Waals surface area contributed by atoms with Crippen LogP contribution >= 0.6 is 0 Å². The van der Waals surface area contributed by atoms with Gasteiger partial charge >= 0.3 is 0 Å². The predicted molar refractivity (Wildman–Crippen MR) is 72.1 cm³/mol. The average molecular weight is 262 g/mol. The fourth-order valence-corrected chi connectivity index (χ4v) is 3.52. The van der Waals surface area contributed by atoms with E-state index in [1.807, 2.05) is 6.92 Å². The van der Waals surface area contributed by atoms with E-state index in [0.29, 0.717) is 6.04 Å². The van der Waals surface area contributed by atoms with Crippen molar-refractivity contribution < 1.29 is 8.42 Å². The number of rotatable bonds is 6. The molecule has 0 aromatic carbocycles. The van der Waals surface area contributed by atoms with Gasteiger partial charge in [0, 0.05) is 18.3 Å². The summed E-state index contributed by atoms with van der Waals surface area (Å²) in [4.78, 5) is 2.30. The molecule has 0 bridgehead atoms. The molecule has 0 saturated carbocycles. The Morgan fingerprint density at radius 1 is 1.35 bits per heavy atom. The SMILES string of the molecule is CCCNC1CCN(C(C)CS(C)(=O)=O)CC1. The van der Waals surface area contributed by atoms with Crippen molar-refractivity contribution in [2.24, 2.45) is 0 Å². The van der Waals surface area contributed by atoms with E-state index in [9.17, 15) is 8.42 Å².